The third-order valence-corrected chi connectivity index (χ3v) is 4.44. The predicted molar refractivity (Wildman–Crippen MR) is 83.5 cm³/mol. The van der Waals surface area contributed by atoms with Crippen molar-refractivity contribution in [2.75, 3.05) is 0 Å². The summed E-state index contributed by atoms with van der Waals surface area (Å²) >= 11 is 0. The smallest absolute Gasteiger partial charge is 0.119 e. The molecule has 3 nitrogen and oxygen atoms in total. The molecule has 1 fully saturated rings. The van der Waals surface area contributed by atoms with E-state index in [0.29, 0.717) is 0 Å². The summed E-state index contributed by atoms with van der Waals surface area (Å²) in [7, 11) is 0. The van der Waals surface area contributed by atoms with Crippen LogP contribution in [0.2, 0.25) is 0 Å². The summed E-state index contributed by atoms with van der Waals surface area (Å²) in [5, 5.41) is 0. The van der Waals surface area contributed by atoms with Crippen LogP contribution in [0.5, 0.6) is 5.75 Å². The molecule has 3 N–H and O–H groups in total. The zero-order chi connectivity index (χ0) is 14.6. The standard InChI is InChI=1S/C17H28N2O/c1-13(2)20-15-9-7-14(8-10-15)16(19-18)17(3)11-5-4-6-12-17/h7-10,13,16,19H,4-6,11-12,18H2,1-3H3. The van der Waals surface area contributed by atoms with E-state index < -0.39 is 0 Å². The lowest BCUT2D eigenvalue weighted by Gasteiger charge is -2.40. The summed E-state index contributed by atoms with van der Waals surface area (Å²) in [6.45, 7) is 6.44. The van der Waals surface area contributed by atoms with Crippen LogP contribution in [0, 0.1) is 5.41 Å². The molecular formula is C17H28N2O. The molecule has 1 aromatic carbocycles. The molecule has 20 heavy (non-hydrogen) atoms. The van der Waals surface area contributed by atoms with Crippen molar-refractivity contribution >= 4 is 0 Å². The molecule has 112 valence electrons. The van der Waals surface area contributed by atoms with Crippen molar-refractivity contribution in [1.29, 1.82) is 0 Å². The maximum atomic E-state index is 5.86. The van der Waals surface area contributed by atoms with Gasteiger partial charge in [0.1, 0.15) is 5.75 Å². The first-order valence-corrected chi connectivity index (χ1v) is 7.78. The summed E-state index contributed by atoms with van der Waals surface area (Å²) in [6.07, 6.45) is 6.67. The summed E-state index contributed by atoms with van der Waals surface area (Å²) in [5.41, 5.74) is 4.56. The number of rotatable bonds is 5. The van der Waals surface area contributed by atoms with Gasteiger partial charge in [-0.3, -0.25) is 11.3 Å². The second kappa shape index (κ2) is 6.59. The highest BCUT2D eigenvalue weighted by Crippen LogP contribution is 2.45. The molecule has 1 aliphatic rings. The first-order chi connectivity index (χ1) is 9.55. The largest absolute Gasteiger partial charge is 0.491 e. The van der Waals surface area contributed by atoms with E-state index in [1.165, 1.54) is 37.7 Å². The van der Waals surface area contributed by atoms with Crippen molar-refractivity contribution in [2.24, 2.45) is 11.3 Å². The number of nitrogens with two attached hydrogens (primary N) is 1. The Hall–Kier alpha value is -1.06. The molecule has 0 aromatic heterocycles. The van der Waals surface area contributed by atoms with Gasteiger partial charge in [0.05, 0.1) is 12.1 Å². The number of hydrazine groups is 1. The Morgan fingerprint density at radius 3 is 2.20 bits per heavy atom. The van der Waals surface area contributed by atoms with Gasteiger partial charge in [0.15, 0.2) is 0 Å². The lowest BCUT2D eigenvalue weighted by molar-refractivity contribution is 0.145. The molecule has 2 rings (SSSR count). The van der Waals surface area contributed by atoms with Crippen molar-refractivity contribution in [1.82, 2.24) is 5.43 Å². The number of hydrogen-bond acceptors (Lipinski definition) is 3. The molecule has 1 aromatic rings. The fourth-order valence-electron chi connectivity index (χ4n) is 3.36. The Morgan fingerprint density at radius 2 is 1.70 bits per heavy atom. The first kappa shape index (κ1) is 15.3. The molecule has 0 amide bonds. The van der Waals surface area contributed by atoms with Crippen LogP contribution in [-0.4, -0.2) is 6.10 Å². The Bertz CT molecular complexity index is 408. The maximum absolute atomic E-state index is 5.86. The van der Waals surface area contributed by atoms with E-state index in [-0.39, 0.29) is 17.6 Å². The van der Waals surface area contributed by atoms with Gasteiger partial charge in [-0.25, -0.2) is 0 Å². The van der Waals surface area contributed by atoms with Crippen molar-refractivity contribution in [3.63, 3.8) is 0 Å². The second-order valence-corrected chi connectivity index (χ2v) is 6.55. The van der Waals surface area contributed by atoms with Gasteiger partial charge >= 0.3 is 0 Å². The lowest BCUT2D eigenvalue weighted by Crippen LogP contribution is -2.41. The van der Waals surface area contributed by atoms with Gasteiger partial charge in [0, 0.05) is 0 Å². The van der Waals surface area contributed by atoms with E-state index in [9.17, 15) is 0 Å². The maximum Gasteiger partial charge on any atom is 0.119 e. The lowest BCUT2D eigenvalue weighted by atomic mass is 9.69. The Balaban J connectivity index is 2.14. The van der Waals surface area contributed by atoms with Gasteiger partial charge in [-0.05, 0) is 49.8 Å². The molecule has 0 spiro atoms. The topological polar surface area (TPSA) is 47.3 Å². The molecule has 1 aliphatic carbocycles. The predicted octanol–water partition coefficient (Wildman–Crippen LogP) is 3.95. The average molecular weight is 276 g/mol. The van der Waals surface area contributed by atoms with E-state index in [4.69, 9.17) is 10.6 Å². The number of hydrogen-bond donors (Lipinski definition) is 2. The normalized spacial score (nSPS) is 19.9. The van der Waals surface area contributed by atoms with Crippen molar-refractivity contribution in [2.45, 2.75) is 65.0 Å². The molecule has 1 unspecified atom stereocenters. The molecule has 0 aliphatic heterocycles. The van der Waals surface area contributed by atoms with E-state index in [1.54, 1.807) is 0 Å². The van der Waals surface area contributed by atoms with Gasteiger partial charge in [-0.15, -0.1) is 0 Å². The molecule has 0 saturated heterocycles. The van der Waals surface area contributed by atoms with Gasteiger partial charge in [-0.2, -0.15) is 0 Å². The molecule has 0 radical (unpaired) electrons. The monoisotopic (exact) mass is 276 g/mol. The number of benzene rings is 1. The zero-order valence-electron chi connectivity index (χ0n) is 13.0. The average Bonchev–Trinajstić information content (AvgIpc) is 2.41. The molecule has 0 bridgehead atoms. The van der Waals surface area contributed by atoms with E-state index in [2.05, 4.69) is 24.5 Å². The van der Waals surface area contributed by atoms with Crippen LogP contribution in [0.4, 0.5) is 0 Å². The van der Waals surface area contributed by atoms with Crippen LogP contribution >= 0.6 is 0 Å². The Kier molecular flexibility index (Phi) is 5.06. The highest BCUT2D eigenvalue weighted by Gasteiger charge is 2.35. The fraction of sp³-hybridized carbons (Fsp3) is 0.647. The summed E-state index contributed by atoms with van der Waals surface area (Å²) in [6, 6.07) is 8.60. The van der Waals surface area contributed by atoms with Crippen LogP contribution < -0.4 is 16.0 Å². The van der Waals surface area contributed by atoms with Gasteiger partial charge in [0.25, 0.3) is 0 Å². The fourth-order valence-corrected chi connectivity index (χ4v) is 3.36. The van der Waals surface area contributed by atoms with E-state index in [0.717, 1.165) is 5.75 Å². The quantitative estimate of drug-likeness (QED) is 0.632. The van der Waals surface area contributed by atoms with E-state index >= 15 is 0 Å². The minimum absolute atomic E-state index is 0.208. The first-order valence-electron chi connectivity index (χ1n) is 7.78. The zero-order valence-corrected chi connectivity index (χ0v) is 13.0. The van der Waals surface area contributed by atoms with Crippen molar-refractivity contribution in [3.05, 3.63) is 29.8 Å². The highest BCUT2D eigenvalue weighted by molar-refractivity contribution is 5.30. The van der Waals surface area contributed by atoms with Crippen molar-refractivity contribution < 1.29 is 4.74 Å². The van der Waals surface area contributed by atoms with Crippen LogP contribution in [0.25, 0.3) is 0 Å². The highest BCUT2D eigenvalue weighted by atomic mass is 16.5. The van der Waals surface area contributed by atoms with Gasteiger partial charge < -0.3 is 4.74 Å². The molecule has 1 saturated carbocycles. The molecule has 3 heteroatoms. The van der Waals surface area contributed by atoms with Gasteiger partial charge in [0.2, 0.25) is 0 Å². The summed E-state index contributed by atoms with van der Waals surface area (Å²) in [5.74, 6) is 6.78. The Labute approximate surface area is 122 Å². The minimum atomic E-state index is 0.208. The van der Waals surface area contributed by atoms with Gasteiger partial charge in [-0.1, -0.05) is 38.3 Å². The molecule has 1 atom stereocenters. The molecular weight excluding hydrogens is 248 g/mol. The number of nitrogens with one attached hydrogen (secondary N) is 1. The minimum Gasteiger partial charge on any atom is -0.491 e. The van der Waals surface area contributed by atoms with Crippen LogP contribution in [0.1, 0.15) is 64.5 Å². The van der Waals surface area contributed by atoms with Crippen LogP contribution in [-0.2, 0) is 0 Å². The number of ether oxygens (including phenoxy) is 1. The second-order valence-electron chi connectivity index (χ2n) is 6.55. The summed E-state index contributed by atoms with van der Waals surface area (Å²) in [4.78, 5) is 0. The Morgan fingerprint density at radius 1 is 1.10 bits per heavy atom. The van der Waals surface area contributed by atoms with Crippen LogP contribution in [0.15, 0.2) is 24.3 Å². The van der Waals surface area contributed by atoms with Crippen LogP contribution in [0.3, 0.4) is 0 Å². The third kappa shape index (κ3) is 3.53. The SMILES string of the molecule is CC(C)Oc1ccc(C(NN)C2(C)CCCCC2)cc1. The van der Waals surface area contributed by atoms with Crippen molar-refractivity contribution in [3.8, 4) is 5.75 Å². The molecule has 0 heterocycles. The summed E-state index contributed by atoms with van der Waals surface area (Å²) < 4.78 is 5.70. The third-order valence-electron chi connectivity index (χ3n) is 4.44. The van der Waals surface area contributed by atoms with E-state index in [1.807, 2.05) is 26.0 Å².